The van der Waals surface area contributed by atoms with Crippen molar-refractivity contribution in [1.82, 2.24) is 49.8 Å². The quantitative estimate of drug-likeness (QED) is 0.0746. The number of benzene rings is 8. The zero-order chi connectivity index (χ0) is 79.0. The van der Waals surface area contributed by atoms with Gasteiger partial charge in [0.05, 0.1) is 90.4 Å². The van der Waals surface area contributed by atoms with E-state index in [4.69, 9.17) is 40.9 Å². The Morgan fingerprint density at radius 1 is 0.194 bits per heavy atom. The number of phenols is 8. The van der Waals surface area contributed by atoms with Crippen LogP contribution in [0.4, 0.5) is 0 Å². The molecule has 0 spiro atoms. The predicted molar refractivity (Wildman–Crippen MR) is 437 cm³/mol. The first kappa shape index (κ1) is 83.7. The molecule has 8 aromatic carbocycles. The number of aromatic nitrogens is 10. The SMILES string of the molecule is C(=C\c1ccncc1)/c1ccncc1.Cc1c(O)cccc1O.Cc1c(O)cccc1O.Cc1c(O)cccc1O.Cc1c(O)cccc1O.Cc1nc(C)c(C)nc1C.Cc1nc(C)c(C)nc1C.Cc1nc(C)c(C)nc1C.c1ccc2nc3ccccc3cc2c1.c1ccc2nc3ccccc3cc2c1. The molecule has 15 rings (SSSR count). The van der Waals surface area contributed by atoms with Gasteiger partial charge in [0.25, 0.3) is 0 Å². The Morgan fingerprint density at radius 3 is 0.528 bits per heavy atom. The second-order valence-corrected chi connectivity index (χ2v) is 25.0. The van der Waals surface area contributed by atoms with E-state index in [0.717, 1.165) is 102 Å². The summed E-state index contributed by atoms with van der Waals surface area (Å²) in [6.45, 7) is 30.4. The van der Waals surface area contributed by atoms with E-state index in [1.54, 1.807) is 76.7 Å². The molecule has 18 heteroatoms. The molecule has 554 valence electrons. The number of para-hydroxylation sites is 4. The summed E-state index contributed by atoms with van der Waals surface area (Å²) in [4.78, 5) is 42.9. The summed E-state index contributed by atoms with van der Waals surface area (Å²) in [5, 5.41) is 76.3. The van der Waals surface area contributed by atoms with Crippen LogP contribution < -0.4 is 0 Å². The lowest BCUT2D eigenvalue weighted by Gasteiger charge is -2.01. The van der Waals surface area contributed by atoms with Gasteiger partial charge in [0, 0.05) is 68.6 Å². The van der Waals surface area contributed by atoms with E-state index in [9.17, 15) is 0 Å². The van der Waals surface area contributed by atoms with Crippen molar-refractivity contribution in [2.24, 2.45) is 0 Å². The molecule has 0 aliphatic carbocycles. The first-order valence-corrected chi connectivity index (χ1v) is 34.7. The second-order valence-electron chi connectivity index (χ2n) is 25.0. The predicted octanol–water partition coefficient (Wildman–Crippen LogP) is 20.2. The number of aryl methyl sites for hydroxylation is 12. The molecule has 0 radical (unpaired) electrons. The van der Waals surface area contributed by atoms with Crippen LogP contribution in [0.25, 0.3) is 55.8 Å². The smallest absolute Gasteiger partial charge is 0.122 e. The van der Waals surface area contributed by atoms with Gasteiger partial charge in [0.2, 0.25) is 0 Å². The molecular formula is C90H96N10O8. The summed E-state index contributed by atoms with van der Waals surface area (Å²) in [6.07, 6.45) is 11.2. The van der Waals surface area contributed by atoms with Crippen LogP contribution in [0.3, 0.4) is 0 Å². The summed E-state index contributed by atoms with van der Waals surface area (Å²) < 4.78 is 0. The average molecular weight is 1450 g/mol. The normalized spacial score (nSPS) is 10.1. The maximum atomic E-state index is 8.94. The van der Waals surface area contributed by atoms with Gasteiger partial charge >= 0.3 is 0 Å². The molecule has 0 unspecified atom stereocenters. The van der Waals surface area contributed by atoms with E-state index < -0.39 is 0 Å². The van der Waals surface area contributed by atoms with Crippen molar-refractivity contribution in [2.75, 3.05) is 0 Å². The van der Waals surface area contributed by atoms with Crippen LogP contribution in [0.5, 0.6) is 46.0 Å². The lowest BCUT2D eigenvalue weighted by Crippen LogP contribution is -1.97. The maximum absolute atomic E-state index is 8.94. The highest BCUT2D eigenvalue weighted by molar-refractivity contribution is 5.93. The number of hydrogen-bond acceptors (Lipinski definition) is 18. The van der Waals surface area contributed by atoms with Crippen molar-refractivity contribution in [1.29, 1.82) is 0 Å². The van der Waals surface area contributed by atoms with E-state index in [0.29, 0.717) is 22.3 Å². The molecule has 0 saturated heterocycles. The summed E-state index contributed by atoms with van der Waals surface area (Å²) in [6, 6.07) is 63.7. The maximum Gasteiger partial charge on any atom is 0.122 e. The highest BCUT2D eigenvalue weighted by atomic mass is 16.3. The minimum atomic E-state index is 0.134. The van der Waals surface area contributed by atoms with Gasteiger partial charge in [-0.3, -0.25) is 39.9 Å². The third kappa shape index (κ3) is 26.5. The van der Waals surface area contributed by atoms with Crippen molar-refractivity contribution >= 4 is 55.8 Å². The van der Waals surface area contributed by atoms with Crippen LogP contribution in [0.1, 0.15) is 102 Å². The van der Waals surface area contributed by atoms with E-state index in [2.05, 4.69) is 98.4 Å². The van der Waals surface area contributed by atoms with E-state index in [-0.39, 0.29) is 46.0 Å². The minimum absolute atomic E-state index is 0.134. The fourth-order valence-electron chi connectivity index (χ4n) is 9.51. The molecule has 0 atom stereocenters. The van der Waals surface area contributed by atoms with Gasteiger partial charge in [-0.2, -0.15) is 0 Å². The Balaban J connectivity index is 0.000000189. The zero-order valence-corrected chi connectivity index (χ0v) is 64.1. The molecule has 0 aliphatic rings. The number of rotatable bonds is 2. The van der Waals surface area contributed by atoms with Crippen LogP contribution in [0.15, 0.2) is 231 Å². The van der Waals surface area contributed by atoms with Gasteiger partial charge in [-0.05, 0) is 231 Å². The molecule has 0 bridgehead atoms. The molecule has 8 N–H and O–H groups in total. The third-order valence-electron chi connectivity index (χ3n) is 17.0. The molecule has 7 aromatic heterocycles. The number of phenolic OH excluding ortho intramolecular Hbond substituents is 8. The van der Waals surface area contributed by atoms with Crippen LogP contribution in [-0.4, -0.2) is 90.7 Å². The standard InChI is InChI=1S/2C13H9N.C12H10N2.3C8H12N2.4C7H8O2/c2*1-3-7-12-10(5-1)9-11-6-2-4-8-13(11)14-12;1(11-3-7-13-8-4-11)2-12-5-9-14-10-6-12;3*1-5-6(2)10-8(4)7(3)9-5;4*1-5-6(8)3-2-4-7(5)9/h2*1-9H;1-10H;3*1-4H3;4*2-4,8-9H,1H3/b;;2-1+;;;;;;;. The molecule has 7 heterocycles. The Labute approximate surface area is 632 Å². The highest BCUT2D eigenvalue weighted by Gasteiger charge is 2.05. The monoisotopic (exact) mass is 1440 g/mol. The largest absolute Gasteiger partial charge is 0.508 e. The fraction of sp³-hybridized carbons (Fsp3) is 0.178. The summed E-state index contributed by atoms with van der Waals surface area (Å²) >= 11 is 0. The van der Waals surface area contributed by atoms with Crippen molar-refractivity contribution in [3.8, 4) is 46.0 Å². The number of hydrogen-bond donors (Lipinski definition) is 8. The fourth-order valence-corrected chi connectivity index (χ4v) is 9.51. The molecule has 0 amide bonds. The average Bonchev–Trinajstić information content (AvgIpc) is 0.831. The molecular weight excluding hydrogens is 1350 g/mol. The van der Waals surface area contributed by atoms with Crippen molar-refractivity contribution in [3.05, 3.63) is 333 Å². The van der Waals surface area contributed by atoms with Gasteiger partial charge in [-0.1, -0.05) is 109 Å². The first-order chi connectivity index (χ1) is 51.5. The van der Waals surface area contributed by atoms with Crippen LogP contribution >= 0.6 is 0 Å². The number of pyridine rings is 4. The van der Waals surface area contributed by atoms with Crippen molar-refractivity contribution in [3.63, 3.8) is 0 Å². The van der Waals surface area contributed by atoms with Crippen molar-refractivity contribution in [2.45, 2.75) is 111 Å². The Hall–Kier alpha value is -13.2. The lowest BCUT2D eigenvalue weighted by atomic mass is 10.1. The van der Waals surface area contributed by atoms with E-state index in [1.165, 1.54) is 70.1 Å². The molecule has 0 fully saturated rings. The Kier molecular flexibility index (Phi) is 32.5. The second kappa shape index (κ2) is 41.9. The van der Waals surface area contributed by atoms with Gasteiger partial charge in [0.15, 0.2) is 0 Å². The Morgan fingerprint density at radius 2 is 0.361 bits per heavy atom. The van der Waals surface area contributed by atoms with Crippen LogP contribution in [0.2, 0.25) is 0 Å². The van der Waals surface area contributed by atoms with E-state index >= 15 is 0 Å². The number of aromatic hydroxyl groups is 8. The van der Waals surface area contributed by atoms with Crippen molar-refractivity contribution < 1.29 is 40.9 Å². The van der Waals surface area contributed by atoms with E-state index in [1.807, 2.05) is 180 Å². The summed E-state index contributed by atoms with van der Waals surface area (Å²) in [5.41, 5.74) is 21.0. The minimum Gasteiger partial charge on any atom is -0.508 e. The molecule has 15 aromatic rings. The summed E-state index contributed by atoms with van der Waals surface area (Å²) in [5.74, 6) is 1.07. The zero-order valence-electron chi connectivity index (χ0n) is 64.1. The number of fused-ring (bicyclic) bond motifs is 4. The topological polar surface area (TPSA) is 291 Å². The summed E-state index contributed by atoms with van der Waals surface area (Å²) in [7, 11) is 0. The number of nitrogens with zero attached hydrogens (tertiary/aromatic N) is 10. The first-order valence-electron chi connectivity index (χ1n) is 34.7. The van der Waals surface area contributed by atoms with Gasteiger partial charge in [-0.15, -0.1) is 0 Å². The lowest BCUT2D eigenvalue weighted by molar-refractivity contribution is 0.442. The molecule has 18 nitrogen and oxygen atoms in total. The highest BCUT2D eigenvalue weighted by Crippen LogP contribution is 2.28. The van der Waals surface area contributed by atoms with Gasteiger partial charge in [-0.25, -0.2) is 9.97 Å². The van der Waals surface area contributed by atoms with Crippen LogP contribution in [-0.2, 0) is 0 Å². The van der Waals surface area contributed by atoms with Gasteiger partial charge in [0.1, 0.15) is 46.0 Å². The van der Waals surface area contributed by atoms with Crippen LogP contribution in [0, 0.1) is 111 Å². The molecule has 0 aliphatic heterocycles. The molecule has 0 saturated carbocycles. The Bertz CT molecular complexity index is 4510. The molecule has 108 heavy (non-hydrogen) atoms. The van der Waals surface area contributed by atoms with Gasteiger partial charge < -0.3 is 40.9 Å². The third-order valence-corrected chi connectivity index (χ3v) is 17.0.